The molecule has 0 bridgehead atoms. The Hall–Kier alpha value is -4.94. The van der Waals surface area contributed by atoms with Gasteiger partial charge in [-0.3, -0.25) is 4.90 Å². The number of benzene rings is 3. The van der Waals surface area contributed by atoms with Crippen LogP contribution in [-0.2, 0) is 13.1 Å². The van der Waals surface area contributed by atoms with Gasteiger partial charge in [0.2, 0.25) is 0 Å². The van der Waals surface area contributed by atoms with Gasteiger partial charge in [-0.15, -0.1) is 5.10 Å². The van der Waals surface area contributed by atoms with Gasteiger partial charge in [-0.05, 0) is 66.9 Å². The number of methoxy groups -OCH3 is 2. The van der Waals surface area contributed by atoms with Gasteiger partial charge in [0.25, 0.3) is 0 Å². The van der Waals surface area contributed by atoms with Crippen molar-refractivity contribution in [3.05, 3.63) is 101 Å². The summed E-state index contributed by atoms with van der Waals surface area (Å²) in [7, 11) is 3.27. The van der Waals surface area contributed by atoms with E-state index in [0.29, 0.717) is 36.9 Å². The van der Waals surface area contributed by atoms with Crippen LogP contribution in [0.2, 0.25) is 0 Å². The molecule has 0 aliphatic carbocycles. The molecule has 0 amide bonds. The summed E-state index contributed by atoms with van der Waals surface area (Å²) in [6.45, 7) is 8.26. The van der Waals surface area contributed by atoms with Crippen molar-refractivity contribution in [3.8, 4) is 23.3 Å². The number of imidazole rings is 1. The van der Waals surface area contributed by atoms with Gasteiger partial charge in [0, 0.05) is 37.8 Å². The number of halogens is 1. The van der Waals surface area contributed by atoms with Crippen LogP contribution in [0, 0.1) is 5.82 Å². The number of likely N-dealkylation sites (N-methyl/N-ethyl adjacent to an activating group) is 1. The van der Waals surface area contributed by atoms with E-state index < -0.39 is 11.9 Å². The zero-order chi connectivity index (χ0) is 35.0. The van der Waals surface area contributed by atoms with Crippen molar-refractivity contribution in [1.82, 2.24) is 24.5 Å². The first-order chi connectivity index (χ1) is 24.4. The van der Waals surface area contributed by atoms with Crippen LogP contribution >= 0.6 is 0 Å². The highest BCUT2D eigenvalue weighted by Crippen LogP contribution is 2.32. The van der Waals surface area contributed by atoms with Crippen LogP contribution in [0.15, 0.2) is 72.9 Å². The number of aliphatic hydroxyl groups excluding tert-OH is 1. The quantitative estimate of drug-likeness (QED) is 0.120. The Morgan fingerprint density at radius 1 is 0.940 bits per heavy atom. The van der Waals surface area contributed by atoms with Crippen LogP contribution in [0.25, 0.3) is 5.65 Å². The van der Waals surface area contributed by atoms with Crippen LogP contribution in [0.1, 0.15) is 61.6 Å². The maximum absolute atomic E-state index is 15.6. The zero-order valence-electron chi connectivity index (χ0n) is 29.1. The second-order valence-corrected chi connectivity index (χ2v) is 12.4. The molecule has 1 aliphatic rings. The van der Waals surface area contributed by atoms with Gasteiger partial charge < -0.3 is 29.0 Å². The molecule has 1 N–H and O–H groups in total. The molecule has 0 radical (unpaired) electrons. The first-order valence-electron chi connectivity index (χ1n) is 17.1. The number of rotatable bonds is 16. The molecule has 50 heavy (non-hydrogen) atoms. The molecule has 5 aromatic rings. The van der Waals surface area contributed by atoms with Crippen molar-refractivity contribution in [2.45, 2.75) is 58.4 Å². The number of likely N-dealkylation sites (tertiary alicyclic amines) is 1. The molecule has 11 nitrogen and oxygen atoms in total. The van der Waals surface area contributed by atoms with Gasteiger partial charge in [0.05, 0.1) is 32.7 Å². The van der Waals surface area contributed by atoms with E-state index in [1.165, 1.54) is 16.8 Å². The third kappa shape index (κ3) is 8.09. The average molecular weight is 685 g/mol. The van der Waals surface area contributed by atoms with E-state index in [-0.39, 0.29) is 23.4 Å². The van der Waals surface area contributed by atoms with Gasteiger partial charge in [-0.2, -0.15) is 4.98 Å². The number of fused-ring (bicyclic) bond motifs is 1. The maximum atomic E-state index is 15.6. The van der Waals surface area contributed by atoms with Crippen LogP contribution in [0.3, 0.4) is 0 Å². The van der Waals surface area contributed by atoms with Gasteiger partial charge in [-0.1, -0.05) is 44.5 Å². The number of unbranched alkanes of at least 4 members (excludes halogenated alkanes) is 1. The summed E-state index contributed by atoms with van der Waals surface area (Å²) in [6.07, 6.45) is 2.78. The molecule has 3 aromatic carbocycles. The van der Waals surface area contributed by atoms with Crippen molar-refractivity contribution in [3.63, 3.8) is 0 Å². The van der Waals surface area contributed by atoms with Crippen molar-refractivity contribution < 1.29 is 28.4 Å². The fraction of sp³-hybridized carbons (Fsp3) is 0.395. The van der Waals surface area contributed by atoms with Crippen LogP contribution in [0.4, 0.5) is 10.2 Å². The van der Waals surface area contributed by atoms with Gasteiger partial charge >= 0.3 is 6.01 Å². The molecular weight excluding hydrogens is 639 g/mol. The summed E-state index contributed by atoms with van der Waals surface area (Å²) < 4.78 is 40.0. The Morgan fingerprint density at radius 3 is 2.18 bits per heavy atom. The Morgan fingerprint density at radius 2 is 1.60 bits per heavy atom. The van der Waals surface area contributed by atoms with Crippen LogP contribution in [-0.4, -0.2) is 76.2 Å². The molecule has 264 valence electrons. The highest BCUT2D eigenvalue weighted by Gasteiger charge is 2.27. The van der Waals surface area contributed by atoms with E-state index in [9.17, 15) is 5.11 Å². The Kier molecular flexibility index (Phi) is 11.3. The van der Waals surface area contributed by atoms with Gasteiger partial charge in [-0.25, -0.2) is 13.9 Å². The van der Waals surface area contributed by atoms with Crippen molar-refractivity contribution in [2.75, 3.05) is 45.4 Å². The molecule has 3 heterocycles. The first-order valence-corrected chi connectivity index (χ1v) is 17.1. The molecule has 0 saturated carbocycles. The number of aromatic nitrogens is 4. The molecule has 12 heteroatoms. The minimum atomic E-state index is -1.37. The fourth-order valence-electron chi connectivity index (χ4n) is 6.08. The Balaban J connectivity index is 1.36. The molecule has 1 aliphatic heterocycles. The van der Waals surface area contributed by atoms with Gasteiger partial charge in [0.15, 0.2) is 11.5 Å². The predicted octanol–water partition coefficient (Wildman–Crippen LogP) is 6.22. The standard InChI is InChI=1S/C38H45FN6O5/c1-5-7-20-49-38-41-37(44(23-26-8-12-28(47-3)13-9-26)24-27-10-14-29(48-4)15-11-27)36-40-22-34(45(36)42-38)35(46)32-17-16-30(21-33(32)39)50-31-18-19-43(6-2)25-31/h8-17,21-22,31,35,46H,5-7,18-20,23-25H2,1-4H3. The fourth-order valence-corrected chi connectivity index (χ4v) is 6.08. The topological polar surface area (TPSA) is 107 Å². The molecular formula is C38H45FN6O5. The Labute approximate surface area is 292 Å². The van der Waals surface area contributed by atoms with Crippen LogP contribution in [0.5, 0.6) is 23.3 Å². The average Bonchev–Trinajstić information content (AvgIpc) is 3.78. The summed E-state index contributed by atoms with van der Waals surface area (Å²) >= 11 is 0. The monoisotopic (exact) mass is 684 g/mol. The number of anilines is 1. The summed E-state index contributed by atoms with van der Waals surface area (Å²) in [5, 5.41) is 16.3. The van der Waals surface area contributed by atoms with E-state index in [1.807, 2.05) is 48.5 Å². The number of hydrogen-bond acceptors (Lipinski definition) is 10. The molecule has 1 saturated heterocycles. The summed E-state index contributed by atoms with van der Waals surface area (Å²) in [5.74, 6) is 1.87. The molecule has 0 spiro atoms. The molecule has 6 rings (SSSR count). The van der Waals surface area contributed by atoms with Crippen molar-refractivity contribution in [1.29, 1.82) is 0 Å². The Bertz CT molecular complexity index is 1800. The smallest absolute Gasteiger partial charge is 0.336 e. The lowest BCUT2D eigenvalue weighted by molar-refractivity contribution is 0.197. The minimum absolute atomic E-state index is 0.00363. The lowest BCUT2D eigenvalue weighted by Gasteiger charge is -2.25. The normalized spacial score (nSPS) is 15.3. The third-order valence-electron chi connectivity index (χ3n) is 8.97. The predicted molar refractivity (Wildman–Crippen MR) is 189 cm³/mol. The van der Waals surface area contributed by atoms with Crippen molar-refractivity contribution >= 4 is 11.5 Å². The summed E-state index contributed by atoms with van der Waals surface area (Å²) in [4.78, 5) is 13.9. The minimum Gasteiger partial charge on any atom is -0.497 e. The lowest BCUT2D eigenvalue weighted by Crippen LogP contribution is -2.25. The SMILES string of the molecule is CCCCOc1nc(N(Cc2ccc(OC)cc2)Cc2ccc(OC)cc2)c2ncc(C(O)c3ccc(OC4CCN(CC)C4)cc3F)n2n1. The largest absolute Gasteiger partial charge is 0.497 e. The maximum Gasteiger partial charge on any atom is 0.336 e. The highest BCUT2D eigenvalue weighted by molar-refractivity contribution is 5.65. The number of nitrogens with zero attached hydrogens (tertiary/aromatic N) is 6. The number of aliphatic hydroxyl groups is 1. The molecule has 2 unspecified atom stereocenters. The summed E-state index contributed by atoms with van der Waals surface area (Å²) in [6, 6.07) is 20.4. The van der Waals surface area contributed by atoms with E-state index in [0.717, 1.165) is 61.5 Å². The van der Waals surface area contributed by atoms with E-state index in [4.69, 9.17) is 23.9 Å². The number of ether oxygens (including phenoxy) is 4. The first kappa shape index (κ1) is 34.9. The van der Waals surface area contributed by atoms with Crippen molar-refractivity contribution in [2.24, 2.45) is 0 Å². The second kappa shape index (κ2) is 16.2. The highest BCUT2D eigenvalue weighted by atomic mass is 19.1. The van der Waals surface area contributed by atoms with Crippen LogP contribution < -0.4 is 23.8 Å². The molecule has 2 atom stereocenters. The zero-order valence-corrected chi connectivity index (χ0v) is 29.1. The molecule has 2 aromatic heterocycles. The summed E-state index contributed by atoms with van der Waals surface area (Å²) in [5.41, 5.74) is 2.79. The van der Waals surface area contributed by atoms with E-state index in [2.05, 4.69) is 33.7 Å². The lowest BCUT2D eigenvalue weighted by atomic mass is 10.1. The van der Waals surface area contributed by atoms with E-state index in [1.54, 1.807) is 26.4 Å². The molecule has 1 fully saturated rings. The van der Waals surface area contributed by atoms with Gasteiger partial charge in [0.1, 0.15) is 35.3 Å². The second-order valence-electron chi connectivity index (χ2n) is 12.4. The third-order valence-corrected chi connectivity index (χ3v) is 8.97. The van der Waals surface area contributed by atoms with E-state index >= 15 is 4.39 Å². The number of hydrogen-bond donors (Lipinski definition) is 1.